The Labute approximate surface area is 164 Å². The van der Waals surface area contributed by atoms with Crippen LogP contribution in [0.25, 0.3) is 0 Å². The lowest BCUT2D eigenvalue weighted by Gasteiger charge is -2.25. The van der Waals surface area contributed by atoms with Gasteiger partial charge in [0.1, 0.15) is 6.04 Å². The molecule has 1 aliphatic rings. The van der Waals surface area contributed by atoms with E-state index in [0.29, 0.717) is 12.1 Å². The maximum absolute atomic E-state index is 12.5. The molecule has 0 aliphatic carbocycles. The molecule has 154 valence electrons. The van der Waals surface area contributed by atoms with Crippen molar-refractivity contribution >= 4 is 33.4 Å². The number of nitrogens with zero attached hydrogens (tertiary/aromatic N) is 1. The van der Waals surface area contributed by atoms with E-state index in [1.165, 1.54) is 11.8 Å². The van der Waals surface area contributed by atoms with E-state index in [0.717, 1.165) is 0 Å². The van der Waals surface area contributed by atoms with Crippen molar-refractivity contribution in [3.05, 3.63) is 30.3 Å². The fourth-order valence-electron chi connectivity index (χ4n) is 2.92. The maximum Gasteiger partial charge on any atom is 0.319 e. The molecule has 2 rings (SSSR count). The van der Waals surface area contributed by atoms with Crippen molar-refractivity contribution in [3.8, 4) is 0 Å². The van der Waals surface area contributed by atoms with Crippen molar-refractivity contribution in [1.29, 1.82) is 0 Å². The van der Waals surface area contributed by atoms with Gasteiger partial charge < -0.3 is 20.9 Å². The van der Waals surface area contributed by atoms with Gasteiger partial charge in [-0.3, -0.25) is 9.59 Å². The number of amides is 4. The highest BCUT2D eigenvalue weighted by atomic mass is 32.2. The minimum Gasteiger partial charge on any atom is -0.351 e. The second-order valence-electron chi connectivity index (χ2n) is 6.71. The average molecular weight is 410 g/mol. The Morgan fingerprint density at radius 1 is 1.21 bits per heavy atom. The molecule has 1 aromatic rings. The second kappa shape index (κ2) is 9.54. The van der Waals surface area contributed by atoms with E-state index < -0.39 is 39.8 Å². The number of likely N-dealkylation sites (N-methyl/N-ethyl adjacent to an activating group) is 1. The average Bonchev–Trinajstić information content (AvgIpc) is 2.98. The lowest BCUT2D eigenvalue weighted by molar-refractivity contribution is -0.137. The molecule has 28 heavy (non-hydrogen) atoms. The first-order chi connectivity index (χ1) is 13.2. The largest absolute Gasteiger partial charge is 0.351 e. The van der Waals surface area contributed by atoms with Gasteiger partial charge in [-0.2, -0.15) is 0 Å². The number of hydrogen-bond acceptors (Lipinski definition) is 5. The highest BCUT2D eigenvalue weighted by Crippen LogP contribution is 2.11. The van der Waals surface area contributed by atoms with E-state index >= 15 is 0 Å². The third-order valence-corrected chi connectivity index (χ3v) is 6.14. The molecule has 2 atom stereocenters. The number of hydrogen-bond donors (Lipinski definition) is 3. The molecule has 10 heteroatoms. The fraction of sp³-hybridized carbons (Fsp3) is 0.500. The SMILES string of the molecule is CCN(CC(=O)N[C@@H]1CCS(=O)(=O)C1)C(=O)[C@@H](C)NC(=O)Nc1ccccc1. The first-order valence-corrected chi connectivity index (χ1v) is 10.9. The molecular weight excluding hydrogens is 384 g/mol. The van der Waals surface area contributed by atoms with Crippen molar-refractivity contribution in [1.82, 2.24) is 15.5 Å². The van der Waals surface area contributed by atoms with Gasteiger partial charge in [0, 0.05) is 18.3 Å². The monoisotopic (exact) mass is 410 g/mol. The van der Waals surface area contributed by atoms with Crippen LogP contribution in [0, 0.1) is 0 Å². The Bertz CT molecular complexity index is 813. The molecule has 0 radical (unpaired) electrons. The van der Waals surface area contributed by atoms with Gasteiger partial charge in [-0.15, -0.1) is 0 Å². The third-order valence-electron chi connectivity index (χ3n) is 4.38. The quantitative estimate of drug-likeness (QED) is 0.598. The van der Waals surface area contributed by atoms with Gasteiger partial charge in [0.2, 0.25) is 11.8 Å². The molecule has 3 N–H and O–H groups in total. The van der Waals surface area contributed by atoms with Gasteiger partial charge in [0.25, 0.3) is 0 Å². The van der Waals surface area contributed by atoms with Crippen LogP contribution in [0.2, 0.25) is 0 Å². The molecule has 0 aromatic heterocycles. The summed E-state index contributed by atoms with van der Waals surface area (Å²) in [5.74, 6) is -0.833. The summed E-state index contributed by atoms with van der Waals surface area (Å²) in [5, 5.41) is 7.83. The Balaban J connectivity index is 1.83. The molecule has 1 saturated heterocycles. The molecular formula is C18H26N4O5S. The van der Waals surface area contributed by atoms with E-state index in [2.05, 4.69) is 16.0 Å². The molecule has 1 heterocycles. The lowest BCUT2D eigenvalue weighted by atomic mass is 10.2. The van der Waals surface area contributed by atoms with Crippen LogP contribution in [0.1, 0.15) is 20.3 Å². The van der Waals surface area contributed by atoms with Crippen LogP contribution in [0.4, 0.5) is 10.5 Å². The van der Waals surface area contributed by atoms with Crippen molar-refractivity contribution in [2.24, 2.45) is 0 Å². The normalized spacial score (nSPS) is 18.7. The highest BCUT2D eigenvalue weighted by molar-refractivity contribution is 7.91. The number of benzene rings is 1. The Morgan fingerprint density at radius 2 is 1.89 bits per heavy atom. The number of nitrogens with one attached hydrogen (secondary N) is 3. The standard InChI is InChI=1S/C18H26N4O5S/c1-3-22(11-16(23)20-15-9-10-28(26,27)12-15)17(24)13(2)19-18(25)21-14-7-5-4-6-8-14/h4-8,13,15H,3,9-12H2,1-2H3,(H,20,23)(H2,19,21,25)/t13-,15-/m1/s1. The number of sulfone groups is 1. The summed E-state index contributed by atoms with van der Waals surface area (Å²) in [6, 6.07) is 7.04. The van der Waals surface area contributed by atoms with Crippen molar-refractivity contribution in [2.75, 3.05) is 29.9 Å². The molecule has 1 fully saturated rings. The molecule has 0 unspecified atom stereocenters. The number of urea groups is 1. The van der Waals surface area contributed by atoms with E-state index in [4.69, 9.17) is 0 Å². The zero-order chi connectivity index (χ0) is 20.7. The summed E-state index contributed by atoms with van der Waals surface area (Å²) in [6.07, 6.45) is 0.381. The van der Waals surface area contributed by atoms with Crippen LogP contribution in [0.3, 0.4) is 0 Å². The minimum atomic E-state index is -3.09. The van der Waals surface area contributed by atoms with Crippen LogP contribution in [-0.4, -0.2) is 67.8 Å². The molecule has 0 bridgehead atoms. The molecule has 4 amide bonds. The summed E-state index contributed by atoms with van der Waals surface area (Å²) in [7, 11) is -3.09. The van der Waals surface area contributed by atoms with Crippen LogP contribution < -0.4 is 16.0 Å². The number of anilines is 1. The first-order valence-electron chi connectivity index (χ1n) is 9.11. The minimum absolute atomic E-state index is 0.0614. The molecule has 0 spiro atoms. The molecule has 1 aromatic carbocycles. The van der Waals surface area contributed by atoms with Gasteiger partial charge in [-0.1, -0.05) is 18.2 Å². The zero-order valence-electron chi connectivity index (χ0n) is 16.0. The van der Waals surface area contributed by atoms with Gasteiger partial charge in [-0.05, 0) is 32.4 Å². The number of carbonyl (C=O) groups is 3. The summed E-state index contributed by atoms with van der Waals surface area (Å²) in [4.78, 5) is 38.0. The smallest absolute Gasteiger partial charge is 0.319 e. The molecule has 1 aliphatic heterocycles. The lowest BCUT2D eigenvalue weighted by Crippen LogP contribution is -2.51. The number of carbonyl (C=O) groups excluding carboxylic acids is 3. The first kappa shape index (κ1) is 21.7. The Kier molecular flexibility index (Phi) is 7.38. The van der Waals surface area contributed by atoms with E-state index in [9.17, 15) is 22.8 Å². The van der Waals surface area contributed by atoms with Crippen LogP contribution in [0.5, 0.6) is 0 Å². The summed E-state index contributed by atoms with van der Waals surface area (Å²) < 4.78 is 22.9. The highest BCUT2D eigenvalue weighted by Gasteiger charge is 2.30. The van der Waals surface area contributed by atoms with Gasteiger partial charge in [0.15, 0.2) is 9.84 Å². The zero-order valence-corrected chi connectivity index (χ0v) is 16.8. The summed E-state index contributed by atoms with van der Waals surface area (Å²) in [6.45, 7) is 3.35. The number of rotatable bonds is 7. The summed E-state index contributed by atoms with van der Waals surface area (Å²) in [5.41, 5.74) is 0.595. The van der Waals surface area contributed by atoms with E-state index in [-0.39, 0.29) is 24.6 Å². The third kappa shape index (κ3) is 6.52. The van der Waals surface area contributed by atoms with Crippen LogP contribution in [-0.2, 0) is 19.4 Å². The maximum atomic E-state index is 12.5. The molecule has 0 saturated carbocycles. The van der Waals surface area contributed by atoms with Crippen molar-refractivity contribution in [3.63, 3.8) is 0 Å². The predicted octanol–water partition coefficient (Wildman–Crippen LogP) is 0.348. The Hall–Kier alpha value is -2.62. The van der Waals surface area contributed by atoms with Crippen LogP contribution in [0.15, 0.2) is 30.3 Å². The number of para-hydroxylation sites is 1. The molecule has 9 nitrogen and oxygen atoms in total. The van der Waals surface area contributed by atoms with Crippen molar-refractivity contribution < 1.29 is 22.8 Å². The van der Waals surface area contributed by atoms with Gasteiger partial charge >= 0.3 is 6.03 Å². The topological polar surface area (TPSA) is 125 Å². The van der Waals surface area contributed by atoms with Crippen LogP contribution >= 0.6 is 0 Å². The summed E-state index contributed by atoms with van der Waals surface area (Å²) >= 11 is 0. The van der Waals surface area contributed by atoms with Gasteiger partial charge in [-0.25, -0.2) is 13.2 Å². The van der Waals surface area contributed by atoms with Crippen molar-refractivity contribution in [2.45, 2.75) is 32.4 Å². The Morgan fingerprint density at radius 3 is 2.46 bits per heavy atom. The second-order valence-corrected chi connectivity index (χ2v) is 8.93. The fourth-order valence-corrected chi connectivity index (χ4v) is 4.60. The predicted molar refractivity (Wildman–Crippen MR) is 106 cm³/mol. The van der Waals surface area contributed by atoms with Gasteiger partial charge in [0.05, 0.1) is 18.1 Å². The van der Waals surface area contributed by atoms with E-state index in [1.807, 2.05) is 6.07 Å². The van der Waals surface area contributed by atoms with E-state index in [1.54, 1.807) is 31.2 Å².